The minimum absolute atomic E-state index is 0.0343. The van der Waals surface area contributed by atoms with Crippen molar-refractivity contribution in [3.8, 4) is 5.75 Å². The number of fused-ring (bicyclic) bond motifs is 1. The number of hydrogen-bond acceptors (Lipinski definition) is 4. The molecule has 2 aromatic rings. The Balaban J connectivity index is 1.92. The van der Waals surface area contributed by atoms with Gasteiger partial charge in [-0.3, -0.25) is 9.59 Å². The number of benzene rings is 1. The van der Waals surface area contributed by atoms with Crippen molar-refractivity contribution >= 4 is 11.8 Å². The molecule has 3 rings (SSSR count). The van der Waals surface area contributed by atoms with Crippen LogP contribution in [0.4, 0.5) is 0 Å². The number of hydrogen-bond donors (Lipinski definition) is 0. The van der Waals surface area contributed by atoms with E-state index in [0.29, 0.717) is 42.6 Å². The van der Waals surface area contributed by atoms with Gasteiger partial charge in [0, 0.05) is 33.4 Å². The van der Waals surface area contributed by atoms with Crippen LogP contribution in [0.1, 0.15) is 54.0 Å². The van der Waals surface area contributed by atoms with Gasteiger partial charge in [-0.2, -0.15) is 0 Å². The lowest BCUT2D eigenvalue weighted by Crippen LogP contribution is -2.45. The standard InChI is InChI=1S/C23H32N4O3/c1-17(2)13-18-15-30-21-10-6-5-9-19(21)22(28)26(4)11-7-8-12-27(18)23(29)20-14-25(3)16-24-20/h5-6,9-10,14,16-18H,7-8,11-13,15H2,1-4H3/t18-/m0/s1. The minimum Gasteiger partial charge on any atom is -0.491 e. The molecule has 0 spiro atoms. The van der Waals surface area contributed by atoms with Crippen molar-refractivity contribution in [1.82, 2.24) is 19.4 Å². The molecular formula is C23H32N4O3. The van der Waals surface area contributed by atoms with E-state index in [1.54, 1.807) is 28.1 Å². The van der Waals surface area contributed by atoms with Crippen LogP contribution in [0.15, 0.2) is 36.8 Å². The highest BCUT2D eigenvalue weighted by molar-refractivity contribution is 5.96. The summed E-state index contributed by atoms with van der Waals surface area (Å²) in [6.07, 6.45) is 5.86. The largest absolute Gasteiger partial charge is 0.491 e. The highest BCUT2D eigenvalue weighted by Gasteiger charge is 2.28. The molecule has 0 unspecified atom stereocenters. The molecule has 0 bridgehead atoms. The molecule has 0 N–H and O–H groups in total. The van der Waals surface area contributed by atoms with Crippen molar-refractivity contribution in [2.75, 3.05) is 26.7 Å². The van der Waals surface area contributed by atoms with Crippen LogP contribution in [0, 0.1) is 5.92 Å². The average Bonchev–Trinajstić information content (AvgIpc) is 3.16. The molecule has 0 saturated heterocycles. The number of aromatic nitrogens is 2. The van der Waals surface area contributed by atoms with E-state index in [4.69, 9.17) is 4.74 Å². The summed E-state index contributed by atoms with van der Waals surface area (Å²) in [5.74, 6) is 0.857. The first-order chi connectivity index (χ1) is 14.4. The zero-order valence-electron chi connectivity index (χ0n) is 18.4. The predicted octanol–water partition coefficient (Wildman–Crippen LogP) is 3.22. The van der Waals surface area contributed by atoms with Crippen molar-refractivity contribution in [3.63, 3.8) is 0 Å². The summed E-state index contributed by atoms with van der Waals surface area (Å²) in [4.78, 5) is 34.1. The van der Waals surface area contributed by atoms with Gasteiger partial charge in [0.2, 0.25) is 0 Å². The summed E-state index contributed by atoms with van der Waals surface area (Å²) >= 11 is 0. The van der Waals surface area contributed by atoms with E-state index in [9.17, 15) is 9.59 Å². The van der Waals surface area contributed by atoms with Gasteiger partial charge in [0.1, 0.15) is 18.1 Å². The normalized spacial score (nSPS) is 18.4. The lowest BCUT2D eigenvalue weighted by molar-refractivity contribution is 0.0554. The van der Waals surface area contributed by atoms with E-state index >= 15 is 0 Å². The fourth-order valence-corrected chi connectivity index (χ4v) is 3.84. The van der Waals surface area contributed by atoms with Crippen LogP contribution in [-0.2, 0) is 7.05 Å². The van der Waals surface area contributed by atoms with Gasteiger partial charge < -0.3 is 19.1 Å². The SMILES string of the molecule is CC(C)C[C@H]1COc2ccccc2C(=O)N(C)CCCCN1C(=O)c1cn(C)cn1. The van der Waals surface area contributed by atoms with Gasteiger partial charge in [-0.15, -0.1) is 0 Å². The zero-order valence-corrected chi connectivity index (χ0v) is 18.4. The van der Waals surface area contributed by atoms with Crippen LogP contribution in [-0.4, -0.2) is 64.0 Å². The van der Waals surface area contributed by atoms with Gasteiger partial charge in [-0.25, -0.2) is 4.98 Å². The van der Waals surface area contributed by atoms with Crippen molar-refractivity contribution in [3.05, 3.63) is 48.0 Å². The summed E-state index contributed by atoms with van der Waals surface area (Å²) in [6, 6.07) is 7.24. The maximum absolute atomic E-state index is 13.3. The maximum atomic E-state index is 13.3. The maximum Gasteiger partial charge on any atom is 0.274 e. The summed E-state index contributed by atoms with van der Waals surface area (Å²) < 4.78 is 7.93. The molecule has 162 valence electrons. The second kappa shape index (κ2) is 9.78. The van der Waals surface area contributed by atoms with E-state index in [1.165, 1.54) is 0 Å². The number of carbonyl (C=O) groups is 2. The molecule has 0 saturated carbocycles. The van der Waals surface area contributed by atoms with Gasteiger partial charge >= 0.3 is 0 Å². The summed E-state index contributed by atoms with van der Waals surface area (Å²) in [5, 5.41) is 0. The Hall–Kier alpha value is -2.83. The average molecular weight is 413 g/mol. The van der Waals surface area contributed by atoms with Crippen molar-refractivity contribution in [2.24, 2.45) is 13.0 Å². The van der Waals surface area contributed by atoms with Crippen LogP contribution in [0.2, 0.25) is 0 Å². The second-order valence-electron chi connectivity index (χ2n) is 8.45. The topological polar surface area (TPSA) is 67.7 Å². The molecule has 1 atom stereocenters. The molecule has 0 radical (unpaired) electrons. The van der Waals surface area contributed by atoms with E-state index in [2.05, 4.69) is 18.8 Å². The van der Waals surface area contributed by atoms with Crippen LogP contribution < -0.4 is 4.74 Å². The molecular weight excluding hydrogens is 380 g/mol. The van der Waals surface area contributed by atoms with Gasteiger partial charge in [0.15, 0.2) is 0 Å². The third-order valence-corrected chi connectivity index (χ3v) is 5.41. The van der Waals surface area contributed by atoms with Crippen LogP contribution >= 0.6 is 0 Å². The van der Waals surface area contributed by atoms with Crippen molar-refractivity contribution < 1.29 is 14.3 Å². The van der Waals surface area contributed by atoms with Crippen LogP contribution in [0.3, 0.4) is 0 Å². The molecule has 0 aliphatic carbocycles. The quantitative estimate of drug-likeness (QED) is 0.776. The first-order valence-electron chi connectivity index (χ1n) is 10.6. The minimum atomic E-state index is -0.0974. The number of aryl methyl sites for hydroxylation is 1. The smallest absolute Gasteiger partial charge is 0.274 e. The van der Waals surface area contributed by atoms with Gasteiger partial charge in [0.05, 0.1) is 17.9 Å². The molecule has 1 aromatic carbocycles. The number of imidazole rings is 1. The zero-order chi connectivity index (χ0) is 21.7. The predicted molar refractivity (Wildman–Crippen MR) is 116 cm³/mol. The molecule has 30 heavy (non-hydrogen) atoms. The van der Waals surface area contributed by atoms with Gasteiger partial charge in [-0.1, -0.05) is 26.0 Å². The molecule has 0 fully saturated rings. The first-order valence-corrected chi connectivity index (χ1v) is 10.6. The van der Waals surface area contributed by atoms with Crippen molar-refractivity contribution in [2.45, 2.75) is 39.2 Å². The van der Waals surface area contributed by atoms with Crippen molar-refractivity contribution in [1.29, 1.82) is 0 Å². The highest BCUT2D eigenvalue weighted by atomic mass is 16.5. The lowest BCUT2D eigenvalue weighted by atomic mass is 10.0. The van der Waals surface area contributed by atoms with Gasteiger partial charge in [0.25, 0.3) is 11.8 Å². The van der Waals surface area contributed by atoms with Gasteiger partial charge in [-0.05, 0) is 37.3 Å². The number of nitrogens with zero attached hydrogens (tertiary/aromatic N) is 4. The molecule has 2 amide bonds. The molecule has 1 aliphatic heterocycles. The molecule has 7 nitrogen and oxygen atoms in total. The Morgan fingerprint density at radius 2 is 1.93 bits per heavy atom. The van der Waals surface area contributed by atoms with Crippen LogP contribution in [0.5, 0.6) is 5.75 Å². The molecule has 2 heterocycles. The third kappa shape index (κ3) is 5.20. The van der Waals surface area contributed by atoms with Crippen LogP contribution in [0.25, 0.3) is 0 Å². The second-order valence-corrected chi connectivity index (χ2v) is 8.45. The Bertz CT molecular complexity index is 877. The number of amides is 2. The Morgan fingerprint density at radius 1 is 1.20 bits per heavy atom. The Labute approximate surface area is 178 Å². The lowest BCUT2D eigenvalue weighted by Gasteiger charge is -2.33. The number of carbonyl (C=O) groups excluding carboxylic acids is 2. The molecule has 1 aromatic heterocycles. The van der Waals surface area contributed by atoms with E-state index in [0.717, 1.165) is 19.3 Å². The Kier molecular flexibility index (Phi) is 7.13. The fraction of sp³-hybridized carbons (Fsp3) is 0.522. The highest BCUT2D eigenvalue weighted by Crippen LogP contribution is 2.23. The number of para-hydroxylation sites is 1. The molecule has 1 aliphatic rings. The Morgan fingerprint density at radius 3 is 2.63 bits per heavy atom. The first kappa shape index (κ1) is 21.9. The van der Waals surface area contributed by atoms with E-state index in [1.807, 2.05) is 37.2 Å². The van der Waals surface area contributed by atoms with E-state index in [-0.39, 0.29) is 17.9 Å². The monoisotopic (exact) mass is 412 g/mol. The summed E-state index contributed by atoms with van der Waals surface area (Å²) in [6.45, 7) is 5.87. The summed E-state index contributed by atoms with van der Waals surface area (Å²) in [7, 11) is 3.67. The number of ether oxygens (including phenoxy) is 1. The number of rotatable bonds is 3. The fourth-order valence-electron chi connectivity index (χ4n) is 3.84. The van der Waals surface area contributed by atoms with E-state index < -0.39 is 0 Å². The third-order valence-electron chi connectivity index (χ3n) is 5.41. The summed E-state index contributed by atoms with van der Waals surface area (Å²) in [5.41, 5.74) is 1.01. The molecule has 7 heteroatoms.